The molecule has 0 radical (unpaired) electrons. The van der Waals surface area contributed by atoms with Gasteiger partial charge in [-0.05, 0) is 63.5 Å². The Labute approximate surface area is 336 Å². The van der Waals surface area contributed by atoms with Crippen LogP contribution in [-0.4, -0.2) is 110 Å². The minimum atomic E-state index is -2.35. The average molecular weight is 808 g/mol. The number of hydrogen-bond donors (Lipinski definition) is 5. The van der Waals surface area contributed by atoms with Crippen LogP contribution in [0.15, 0.2) is 71.8 Å². The maximum absolute atomic E-state index is 14.9. The second-order valence-corrected chi connectivity index (χ2v) is 17.6. The molecule has 1 heterocycles. The number of benzene rings is 2. The van der Waals surface area contributed by atoms with Crippen LogP contribution in [0, 0.1) is 16.7 Å². The number of ketones is 1. The number of aliphatic hydroxyl groups excluding tert-OH is 3. The molecule has 2 aromatic carbocycles. The number of amides is 1. The Balaban J connectivity index is 1.49. The van der Waals surface area contributed by atoms with Gasteiger partial charge in [0.25, 0.3) is 0 Å². The van der Waals surface area contributed by atoms with Crippen LogP contribution in [0.5, 0.6) is 0 Å². The first-order valence-electron chi connectivity index (χ1n) is 19.3. The number of aliphatic hydroxyl groups is 4. The smallest absolute Gasteiger partial charge is 0.408 e. The van der Waals surface area contributed by atoms with Gasteiger partial charge in [-0.2, -0.15) is 0 Å². The van der Waals surface area contributed by atoms with E-state index in [2.05, 4.69) is 5.32 Å². The van der Waals surface area contributed by atoms with Crippen LogP contribution in [0.2, 0.25) is 0 Å². The molecular formula is C43H53NO14. The highest BCUT2D eigenvalue weighted by Gasteiger charge is 2.78. The van der Waals surface area contributed by atoms with E-state index in [4.69, 9.17) is 23.7 Å². The van der Waals surface area contributed by atoms with E-state index in [-0.39, 0.29) is 29.7 Å². The monoisotopic (exact) mass is 807 g/mol. The van der Waals surface area contributed by atoms with Crippen molar-refractivity contribution < 1.29 is 68.1 Å². The number of alkyl carbamates (subject to hydrolysis) is 1. The van der Waals surface area contributed by atoms with Gasteiger partial charge in [0, 0.05) is 25.2 Å². The summed E-state index contributed by atoms with van der Waals surface area (Å²) in [5, 5.41) is 51.6. The molecular weight excluding hydrogens is 754 g/mol. The topological polar surface area (TPSA) is 224 Å². The first kappa shape index (κ1) is 42.9. The number of fused-ring (bicyclic) bond motifs is 5. The number of esters is 3. The third-order valence-corrected chi connectivity index (χ3v) is 12.6. The molecule has 0 aromatic heterocycles. The van der Waals surface area contributed by atoms with Gasteiger partial charge in [-0.15, -0.1) is 0 Å². The summed E-state index contributed by atoms with van der Waals surface area (Å²) in [6.07, 6.45) is -11.5. The Morgan fingerprint density at radius 3 is 2.10 bits per heavy atom. The van der Waals surface area contributed by atoms with Crippen molar-refractivity contribution in [2.45, 2.75) is 128 Å². The molecule has 3 aliphatic carbocycles. The SMILES string of the molecule is CC(=O)O[C@]12COC1CC(O)[C@]1(C)C(=O)C(O)C3=C(C)C(OC(=O)C(O)C(NC(=O)OC(C)(C)C)c4ccccc4)C[C@](O)(C(OC(=O)c4ccccc4)C21)C3(C)C. The van der Waals surface area contributed by atoms with Crippen molar-refractivity contribution in [3.63, 3.8) is 0 Å². The second kappa shape index (κ2) is 15.2. The lowest BCUT2D eigenvalue weighted by atomic mass is 9.44. The van der Waals surface area contributed by atoms with Crippen molar-refractivity contribution in [1.29, 1.82) is 0 Å². The Kier molecular flexibility index (Phi) is 11.2. The fraction of sp³-hybridized carbons (Fsp3) is 0.558. The zero-order valence-electron chi connectivity index (χ0n) is 33.9. The van der Waals surface area contributed by atoms with Crippen molar-refractivity contribution in [2.24, 2.45) is 16.7 Å². The van der Waals surface area contributed by atoms with E-state index in [1.165, 1.54) is 26.0 Å². The number of Topliss-reactive ketones (excluding diaryl/α,β-unsaturated/α-hetero) is 1. The number of ether oxygens (including phenoxy) is 5. The average Bonchev–Trinajstić information content (AvgIpc) is 3.14. The fourth-order valence-corrected chi connectivity index (χ4v) is 9.56. The summed E-state index contributed by atoms with van der Waals surface area (Å²) in [5.41, 5.74) is -8.14. The maximum Gasteiger partial charge on any atom is 0.408 e. The van der Waals surface area contributed by atoms with Crippen LogP contribution in [0.1, 0.15) is 90.2 Å². The molecule has 3 fully saturated rings. The molecule has 4 aliphatic rings. The summed E-state index contributed by atoms with van der Waals surface area (Å²) >= 11 is 0. The largest absolute Gasteiger partial charge is 0.456 e. The van der Waals surface area contributed by atoms with Gasteiger partial charge in [-0.1, -0.05) is 62.4 Å². The molecule has 6 rings (SSSR count). The zero-order chi connectivity index (χ0) is 42.7. The van der Waals surface area contributed by atoms with Gasteiger partial charge in [-0.3, -0.25) is 9.59 Å². The number of hydrogen-bond acceptors (Lipinski definition) is 14. The van der Waals surface area contributed by atoms with Crippen LogP contribution in [0.25, 0.3) is 0 Å². The van der Waals surface area contributed by atoms with E-state index in [0.717, 1.165) is 6.92 Å². The van der Waals surface area contributed by atoms with Gasteiger partial charge in [0.2, 0.25) is 0 Å². The summed E-state index contributed by atoms with van der Waals surface area (Å²) in [5.74, 6) is -5.36. The van der Waals surface area contributed by atoms with Crippen molar-refractivity contribution in [2.75, 3.05) is 6.61 Å². The molecule has 2 saturated carbocycles. The van der Waals surface area contributed by atoms with Crippen molar-refractivity contribution in [3.8, 4) is 0 Å². The third-order valence-electron chi connectivity index (χ3n) is 12.6. The predicted octanol–water partition coefficient (Wildman–Crippen LogP) is 3.26. The zero-order valence-corrected chi connectivity index (χ0v) is 33.9. The van der Waals surface area contributed by atoms with Gasteiger partial charge < -0.3 is 49.4 Å². The molecule has 0 spiro atoms. The summed E-state index contributed by atoms with van der Waals surface area (Å²) in [6, 6.07) is 14.6. The van der Waals surface area contributed by atoms with Gasteiger partial charge >= 0.3 is 24.0 Å². The van der Waals surface area contributed by atoms with Gasteiger partial charge in [0.15, 0.2) is 17.5 Å². The summed E-state index contributed by atoms with van der Waals surface area (Å²) < 4.78 is 29.5. The van der Waals surface area contributed by atoms with E-state index < -0.39 is 112 Å². The highest BCUT2D eigenvalue weighted by Crippen LogP contribution is 2.64. The van der Waals surface area contributed by atoms with Gasteiger partial charge in [0.05, 0.1) is 35.6 Å². The second-order valence-electron chi connectivity index (χ2n) is 17.6. The standard InChI is InChI=1S/C43H53NO14/c1-22-26(55-37(51)32(48)30(24-15-11-9-12-16-24)44-38(52)58-39(3,4)5)20-43(53)35(56-36(50)25-17-13-10-14-18-25)33-41(8,34(49)31(47)29(22)40(43,6)7)27(46)19-28-42(33,21-54-28)57-23(2)45/h9-18,26-28,30-33,35,46-48,53H,19-21H2,1-8H3,(H,44,52)/t26?,27?,28?,30?,31?,32?,33?,35?,41-,42+,43-/m0/s1. The first-order valence-corrected chi connectivity index (χ1v) is 19.3. The van der Waals surface area contributed by atoms with E-state index in [9.17, 15) is 44.4 Å². The van der Waals surface area contributed by atoms with E-state index in [0.29, 0.717) is 5.56 Å². The molecule has 15 nitrogen and oxygen atoms in total. The quantitative estimate of drug-likeness (QED) is 0.147. The maximum atomic E-state index is 14.9. The van der Waals surface area contributed by atoms with E-state index in [1.54, 1.807) is 83.1 Å². The summed E-state index contributed by atoms with van der Waals surface area (Å²) in [4.78, 5) is 68.9. The van der Waals surface area contributed by atoms with Crippen LogP contribution in [0.4, 0.5) is 4.79 Å². The van der Waals surface area contributed by atoms with Crippen molar-refractivity contribution in [3.05, 3.63) is 82.9 Å². The van der Waals surface area contributed by atoms with E-state index in [1.807, 2.05) is 0 Å². The number of nitrogens with one attached hydrogen (secondary N) is 1. The minimum absolute atomic E-state index is 0.0637. The van der Waals surface area contributed by atoms with Crippen LogP contribution in [-0.2, 0) is 38.1 Å². The lowest BCUT2D eigenvalue weighted by Crippen LogP contribution is -2.81. The molecule has 5 N–H and O–H groups in total. The van der Waals surface area contributed by atoms with E-state index >= 15 is 0 Å². The molecule has 11 atom stereocenters. The number of rotatable bonds is 8. The van der Waals surface area contributed by atoms with Crippen molar-refractivity contribution in [1.82, 2.24) is 5.32 Å². The molecule has 314 valence electrons. The number of carbonyl (C=O) groups excluding carboxylic acids is 5. The van der Waals surface area contributed by atoms with Crippen LogP contribution >= 0.6 is 0 Å². The highest BCUT2D eigenvalue weighted by atomic mass is 16.6. The first-order chi connectivity index (χ1) is 27.0. The third kappa shape index (κ3) is 7.10. The van der Waals surface area contributed by atoms with Crippen LogP contribution in [0.3, 0.4) is 0 Å². The predicted molar refractivity (Wildman–Crippen MR) is 204 cm³/mol. The van der Waals surface area contributed by atoms with Crippen molar-refractivity contribution >= 4 is 29.8 Å². The lowest BCUT2D eigenvalue weighted by molar-refractivity contribution is -0.346. The molecule has 1 saturated heterocycles. The summed E-state index contributed by atoms with van der Waals surface area (Å²) in [6.45, 7) is 11.8. The van der Waals surface area contributed by atoms with Gasteiger partial charge in [-0.25, -0.2) is 14.4 Å². The number of carbonyl (C=O) groups is 5. The Morgan fingerprint density at radius 1 is 0.948 bits per heavy atom. The highest BCUT2D eigenvalue weighted by molar-refractivity contribution is 5.94. The Bertz CT molecular complexity index is 1980. The molecule has 15 heteroatoms. The molecule has 1 amide bonds. The normalized spacial score (nSPS) is 33.7. The van der Waals surface area contributed by atoms with Crippen LogP contribution < -0.4 is 5.32 Å². The molecule has 58 heavy (non-hydrogen) atoms. The minimum Gasteiger partial charge on any atom is -0.456 e. The molecule has 1 aliphatic heterocycles. The Hall–Kier alpha value is -4.67. The molecule has 2 bridgehead atoms. The Morgan fingerprint density at radius 2 is 1.55 bits per heavy atom. The molecule has 8 unspecified atom stereocenters. The van der Waals surface area contributed by atoms with Gasteiger partial charge in [0.1, 0.15) is 35.6 Å². The fourth-order valence-electron chi connectivity index (χ4n) is 9.56. The summed E-state index contributed by atoms with van der Waals surface area (Å²) in [7, 11) is 0. The molecule has 2 aromatic rings. The lowest BCUT2D eigenvalue weighted by Gasteiger charge is -2.67.